The molecule has 2 heterocycles. The Labute approximate surface area is 375 Å². The van der Waals surface area contributed by atoms with E-state index in [0.717, 1.165) is 4.90 Å². The van der Waals surface area contributed by atoms with Crippen LogP contribution in [-0.2, 0) is 51.9 Å². The maximum Gasteiger partial charge on any atom is 0.416 e. The van der Waals surface area contributed by atoms with Crippen molar-refractivity contribution in [2.24, 2.45) is 0 Å². The third-order valence-electron chi connectivity index (χ3n) is 10.7. The summed E-state index contributed by atoms with van der Waals surface area (Å²) in [5, 5.41) is 2.78. The molecule has 1 amide bonds. The normalized spacial score (nSPS) is 19.2. The third-order valence-corrected chi connectivity index (χ3v) is 10.7. The first-order chi connectivity index (χ1) is 30.9. The molecule has 364 valence electrons. The Morgan fingerprint density at radius 2 is 0.985 bits per heavy atom. The zero-order valence-electron chi connectivity index (χ0n) is 35.9. The van der Waals surface area contributed by atoms with E-state index in [9.17, 15) is 75.8 Å². The number of rotatable bonds is 10. The lowest BCUT2D eigenvalue weighted by Gasteiger charge is -2.27. The van der Waals surface area contributed by atoms with Gasteiger partial charge in [0.2, 0.25) is 0 Å². The molecule has 0 saturated carbocycles. The van der Waals surface area contributed by atoms with E-state index in [2.05, 4.69) is 5.32 Å². The monoisotopic (exact) mass is 966 g/mol. The second kappa shape index (κ2) is 20.4. The fourth-order valence-corrected chi connectivity index (χ4v) is 7.48. The Kier molecular flexibility index (Phi) is 15.9. The number of nitrogens with zero attached hydrogens (tertiary/aromatic N) is 1. The van der Waals surface area contributed by atoms with Gasteiger partial charge < -0.3 is 10.1 Å². The van der Waals surface area contributed by atoms with E-state index in [0.29, 0.717) is 35.4 Å². The van der Waals surface area contributed by atoms with Crippen LogP contribution >= 0.6 is 0 Å². The van der Waals surface area contributed by atoms with Crippen LogP contribution in [0.4, 0.5) is 66.3 Å². The maximum absolute atomic E-state index is 14.1. The minimum atomic E-state index is -4.98. The number of hydrogen-bond acceptors (Lipinski definition) is 5. The molecule has 0 bridgehead atoms. The van der Waals surface area contributed by atoms with Gasteiger partial charge in [-0.1, -0.05) is 48.5 Å². The Morgan fingerprint density at radius 1 is 0.567 bits per heavy atom. The number of amides is 1. The number of likely N-dealkylation sites (tertiary alicyclic amines) is 1. The van der Waals surface area contributed by atoms with E-state index >= 15 is 0 Å². The van der Waals surface area contributed by atoms with Crippen LogP contribution in [0.15, 0.2) is 84.9 Å². The Hall–Kier alpha value is -5.53. The molecule has 6 nitrogen and oxygen atoms in total. The lowest BCUT2D eigenvalue weighted by molar-refractivity contribution is -0.144. The molecule has 4 aromatic rings. The van der Waals surface area contributed by atoms with Crippen LogP contribution in [0.1, 0.15) is 79.8 Å². The van der Waals surface area contributed by atoms with Gasteiger partial charge in [0.15, 0.2) is 5.78 Å². The van der Waals surface area contributed by atoms with Gasteiger partial charge in [0.05, 0.1) is 40.9 Å². The lowest BCUT2D eigenvalue weighted by atomic mass is 9.96. The zero-order valence-corrected chi connectivity index (χ0v) is 35.9. The number of carbonyl (C=O) groups excluding carboxylic acids is 3. The molecule has 67 heavy (non-hydrogen) atoms. The van der Waals surface area contributed by atoms with Gasteiger partial charge in [0.25, 0.3) is 0 Å². The first-order valence-corrected chi connectivity index (χ1v) is 20.7. The molecule has 0 spiro atoms. The van der Waals surface area contributed by atoms with E-state index in [1.807, 2.05) is 0 Å². The number of benzene rings is 4. The Morgan fingerprint density at radius 3 is 1.36 bits per heavy atom. The van der Waals surface area contributed by atoms with Crippen molar-refractivity contribution < 1.29 is 80.6 Å². The number of halogens is 14. The minimum absolute atomic E-state index is 0.0577. The average Bonchev–Trinajstić information content (AvgIpc) is 3.85. The Balaban J connectivity index is 0.000000256. The molecule has 2 saturated heterocycles. The molecule has 0 aliphatic carbocycles. The van der Waals surface area contributed by atoms with Crippen LogP contribution in [0.3, 0.4) is 0 Å². The molecule has 2 fully saturated rings. The fourth-order valence-electron chi connectivity index (χ4n) is 7.48. The van der Waals surface area contributed by atoms with E-state index in [-0.39, 0.29) is 91.8 Å². The van der Waals surface area contributed by atoms with Crippen LogP contribution in [0, 0.1) is 0 Å². The molecule has 0 aromatic heterocycles. The average molecular weight is 967 g/mol. The number of ether oxygens (including phenoxy) is 1. The highest BCUT2D eigenvalue weighted by Crippen LogP contribution is 2.41. The van der Waals surface area contributed by atoms with Crippen molar-refractivity contribution >= 4 is 17.7 Å². The van der Waals surface area contributed by atoms with Gasteiger partial charge in [-0.15, -0.1) is 0 Å². The van der Waals surface area contributed by atoms with Crippen molar-refractivity contribution in [3.05, 3.63) is 118 Å². The minimum Gasteiger partial charge on any atom is -0.444 e. The van der Waals surface area contributed by atoms with Gasteiger partial charge in [-0.2, -0.15) is 52.7 Å². The van der Waals surface area contributed by atoms with Crippen LogP contribution < -0.4 is 5.32 Å². The summed E-state index contributed by atoms with van der Waals surface area (Å²) in [5.74, 6) is -0.603. The molecule has 1 N–H and O–H groups in total. The summed E-state index contributed by atoms with van der Waals surface area (Å²) in [5.41, 5.74) is -5.61. The summed E-state index contributed by atoms with van der Waals surface area (Å²) >= 11 is 0. The molecule has 6 rings (SSSR count). The molecular weight excluding hydrogens is 922 g/mol. The van der Waals surface area contributed by atoms with Gasteiger partial charge in [-0.25, -0.2) is 13.6 Å². The summed E-state index contributed by atoms with van der Waals surface area (Å²) in [6.07, 6.45) is -22.9. The summed E-state index contributed by atoms with van der Waals surface area (Å²) < 4.78 is 190. The van der Waals surface area contributed by atoms with Crippen molar-refractivity contribution in [3.8, 4) is 22.3 Å². The van der Waals surface area contributed by atoms with Crippen molar-refractivity contribution in [1.29, 1.82) is 0 Å². The van der Waals surface area contributed by atoms with Gasteiger partial charge in [-0.05, 0) is 103 Å². The molecule has 4 atom stereocenters. The highest BCUT2D eigenvalue weighted by Gasteiger charge is 2.42. The summed E-state index contributed by atoms with van der Waals surface area (Å²) in [7, 11) is 0. The number of aryl methyl sites for hydroxylation is 2. The summed E-state index contributed by atoms with van der Waals surface area (Å²) in [4.78, 5) is 38.5. The molecule has 0 unspecified atom stereocenters. The molecule has 4 aromatic carbocycles. The highest BCUT2D eigenvalue weighted by molar-refractivity contribution is 5.88. The van der Waals surface area contributed by atoms with Crippen LogP contribution in [-0.4, -0.2) is 65.7 Å². The predicted molar refractivity (Wildman–Crippen MR) is 218 cm³/mol. The molecule has 2 aliphatic heterocycles. The number of hydrogen-bond donors (Lipinski definition) is 1. The lowest BCUT2D eigenvalue weighted by Crippen LogP contribution is -2.43. The molecule has 2 aliphatic rings. The SMILES string of the molecule is CC(C)(C)OC(=O)N1C[C@@H](F)C[C@H]1C(=O)CCc1cccc(-c2cc(C(F)(F)F)cc(C(F)(F)F)c2)c1.O=C(CCc1cccc(-c2cc(C(F)(F)F)cc(C(F)(F)F)c2)c1)[C@@H]1C[C@H](F)CN1. The molecular formula is C47H44F14N2O4. The highest BCUT2D eigenvalue weighted by atomic mass is 19.4. The van der Waals surface area contributed by atoms with Crippen molar-refractivity contribution in [3.63, 3.8) is 0 Å². The topological polar surface area (TPSA) is 75.7 Å². The maximum atomic E-state index is 14.1. The smallest absolute Gasteiger partial charge is 0.416 e. The number of carbonyl (C=O) groups is 3. The van der Waals surface area contributed by atoms with Crippen molar-refractivity contribution in [2.75, 3.05) is 13.1 Å². The number of ketones is 2. The fraction of sp³-hybridized carbons (Fsp3) is 0.426. The first-order valence-electron chi connectivity index (χ1n) is 20.7. The van der Waals surface area contributed by atoms with Gasteiger partial charge in [0.1, 0.15) is 23.7 Å². The van der Waals surface area contributed by atoms with Crippen LogP contribution in [0.25, 0.3) is 22.3 Å². The van der Waals surface area contributed by atoms with Crippen LogP contribution in [0.5, 0.6) is 0 Å². The van der Waals surface area contributed by atoms with Gasteiger partial charge >= 0.3 is 30.8 Å². The quantitative estimate of drug-likeness (QED) is 0.160. The standard InChI is InChI=1S/C26H26F7NO3.C21H18F7NO/c1-24(2,3)37-23(36)34-14-20(27)13-21(34)22(35)8-7-15-5-4-6-16(9-15)17-10-18(25(28,29)30)12-19(11-17)26(31,32)33;22-17-10-18(29-11-17)19(30)5-4-12-2-1-3-13(6-12)14-7-15(20(23,24)25)9-16(8-14)21(26,27)28/h4-6,9-12,20-21H,7-8,13-14H2,1-3H3;1-3,6-9,17-18,29H,4-5,10-11H2/t20-,21-;17-,18-/m00/s1. The van der Waals surface area contributed by atoms with E-state index < -0.39 is 88.9 Å². The van der Waals surface area contributed by atoms with Crippen LogP contribution in [0.2, 0.25) is 0 Å². The zero-order chi connectivity index (χ0) is 49.9. The van der Waals surface area contributed by atoms with Crippen molar-refractivity contribution in [1.82, 2.24) is 10.2 Å². The van der Waals surface area contributed by atoms with Gasteiger partial charge in [0, 0.05) is 32.2 Å². The first kappa shape index (κ1) is 52.4. The largest absolute Gasteiger partial charge is 0.444 e. The predicted octanol–water partition coefficient (Wildman–Crippen LogP) is 12.8. The molecule has 20 heteroatoms. The van der Waals surface area contributed by atoms with E-state index in [4.69, 9.17) is 4.74 Å². The summed E-state index contributed by atoms with van der Waals surface area (Å²) in [6, 6.07) is 13.0. The van der Waals surface area contributed by atoms with Crippen molar-refractivity contribution in [2.45, 2.75) is 114 Å². The van der Waals surface area contributed by atoms with E-state index in [1.54, 1.807) is 32.9 Å². The summed E-state index contributed by atoms with van der Waals surface area (Å²) in [6.45, 7) is 4.75. The second-order valence-corrected chi connectivity index (χ2v) is 17.2. The second-order valence-electron chi connectivity index (χ2n) is 17.2. The number of Topliss-reactive ketones (excluding diaryl/α,β-unsaturated/α-hetero) is 2. The van der Waals surface area contributed by atoms with Gasteiger partial charge in [-0.3, -0.25) is 14.5 Å². The number of nitrogens with one attached hydrogen (secondary N) is 1. The van der Waals surface area contributed by atoms with E-state index in [1.165, 1.54) is 36.4 Å². The third kappa shape index (κ3) is 14.7. The number of alkyl halides is 14. The Bertz CT molecular complexity index is 2340. The molecule has 0 radical (unpaired) electrons.